The molecule has 3 N–H and O–H groups in total. The smallest absolute Gasteiger partial charge is 0.236 e. The van der Waals surface area contributed by atoms with Crippen LogP contribution in [0.1, 0.15) is 40.7 Å². The molecule has 1 aliphatic heterocycles. The third-order valence-electron chi connectivity index (χ3n) is 5.62. The van der Waals surface area contributed by atoms with Crippen molar-refractivity contribution < 1.29 is 9.59 Å². The molecule has 0 radical (unpaired) electrons. The highest BCUT2D eigenvalue weighted by Gasteiger charge is 2.19. The Labute approximate surface area is 183 Å². The summed E-state index contributed by atoms with van der Waals surface area (Å²) in [6.07, 6.45) is 5.50. The standard InChI is InChI=1S/C24H31N5O2/c1-26-22-10-9-20(13-19(22)14-25)27-23-8-6-7-18(21(23)17-30)15-28(2)16-24(31)29-11-4-3-5-12-29/h6-10,13-14,17,25-27H,3-5,11-12,15-16H2,1-2H3. The van der Waals surface area contributed by atoms with Gasteiger partial charge in [0.2, 0.25) is 5.91 Å². The first-order valence-corrected chi connectivity index (χ1v) is 10.7. The van der Waals surface area contributed by atoms with Gasteiger partial charge < -0.3 is 20.9 Å². The Morgan fingerprint density at radius 3 is 2.61 bits per heavy atom. The van der Waals surface area contributed by atoms with E-state index in [0.29, 0.717) is 24.3 Å². The summed E-state index contributed by atoms with van der Waals surface area (Å²) in [5.74, 6) is 0.146. The largest absolute Gasteiger partial charge is 0.388 e. The van der Waals surface area contributed by atoms with Crippen molar-refractivity contribution in [3.8, 4) is 0 Å². The Hall–Kier alpha value is -3.19. The zero-order chi connectivity index (χ0) is 22.2. The molecule has 1 aliphatic rings. The minimum atomic E-state index is 0.146. The molecule has 0 atom stereocenters. The average molecular weight is 422 g/mol. The van der Waals surface area contributed by atoms with Crippen molar-refractivity contribution in [1.29, 1.82) is 5.41 Å². The van der Waals surface area contributed by atoms with E-state index in [2.05, 4.69) is 10.6 Å². The van der Waals surface area contributed by atoms with Crippen LogP contribution in [0.25, 0.3) is 0 Å². The van der Waals surface area contributed by atoms with Crippen LogP contribution in [0.15, 0.2) is 36.4 Å². The second-order valence-corrected chi connectivity index (χ2v) is 7.93. The Bertz CT molecular complexity index is 938. The monoisotopic (exact) mass is 421 g/mol. The van der Waals surface area contributed by atoms with Gasteiger partial charge in [-0.3, -0.25) is 14.5 Å². The molecule has 7 heteroatoms. The minimum Gasteiger partial charge on any atom is -0.388 e. The highest BCUT2D eigenvalue weighted by molar-refractivity contribution is 5.91. The predicted molar refractivity (Wildman–Crippen MR) is 126 cm³/mol. The zero-order valence-electron chi connectivity index (χ0n) is 18.3. The number of likely N-dealkylation sites (tertiary alicyclic amines) is 1. The summed E-state index contributed by atoms with van der Waals surface area (Å²) in [5, 5.41) is 14.0. The zero-order valence-corrected chi connectivity index (χ0v) is 18.3. The predicted octanol–water partition coefficient (Wildman–Crippen LogP) is 3.73. The summed E-state index contributed by atoms with van der Waals surface area (Å²) in [6.45, 7) is 2.53. The summed E-state index contributed by atoms with van der Waals surface area (Å²) in [6, 6.07) is 11.4. The average Bonchev–Trinajstić information content (AvgIpc) is 2.79. The van der Waals surface area contributed by atoms with E-state index in [1.165, 1.54) is 12.6 Å². The quantitative estimate of drug-likeness (QED) is 0.424. The number of hydrogen-bond acceptors (Lipinski definition) is 6. The molecular formula is C24H31N5O2. The third kappa shape index (κ3) is 5.70. The van der Waals surface area contributed by atoms with E-state index in [1.54, 1.807) is 0 Å². The third-order valence-corrected chi connectivity index (χ3v) is 5.62. The highest BCUT2D eigenvalue weighted by atomic mass is 16.2. The summed E-state index contributed by atoms with van der Waals surface area (Å²) >= 11 is 0. The van der Waals surface area contributed by atoms with Gasteiger partial charge in [-0.05, 0) is 56.1 Å². The van der Waals surface area contributed by atoms with Crippen molar-refractivity contribution in [3.05, 3.63) is 53.1 Å². The van der Waals surface area contributed by atoms with Crippen molar-refractivity contribution in [3.63, 3.8) is 0 Å². The van der Waals surface area contributed by atoms with Gasteiger partial charge in [0, 0.05) is 61.1 Å². The molecule has 0 spiro atoms. The summed E-state index contributed by atoms with van der Waals surface area (Å²) in [7, 11) is 3.72. The molecule has 0 aromatic heterocycles. The van der Waals surface area contributed by atoms with Crippen molar-refractivity contribution in [1.82, 2.24) is 9.80 Å². The van der Waals surface area contributed by atoms with Gasteiger partial charge in [-0.2, -0.15) is 0 Å². The number of benzene rings is 2. The molecule has 0 aliphatic carbocycles. The molecule has 0 bridgehead atoms. The maximum Gasteiger partial charge on any atom is 0.236 e. The molecule has 2 aromatic rings. The van der Waals surface area contributed by atoms with Crippen molar-refractivity contribution in [2.45, 2.75) is 25.8 Å². The first kappa shape index (κ1) is 22.5. The Balaban J connectivity index is 1.72. The van der Waals surface area contributed by atoms with Gasteiger partial charge in [-0.15, -0.1) is 0 Å². The van der Waals surface area contributed by atoms with Crippen molar-refractivity contribution in [2.75, 3.05) is 44.4 Å². The van der Waals surface area contributed by atoms with E-state index in [9.17, 15) is 9.59 Å². The van der Waals surface area contributed by atoms with E-state index in [1.807, 2.05) is 60.3 Å². The number of hydrogen-bond donors (Lipinski definition) is 3. The number of carbonyl (C=O) groups excluding carboxylic acids is 2. The Morgan fingerprint density at radius 1 is 1.16 bits per heavy atom. The van der Waals surface area contributed by atoms with Crippen LogP contribution in [0.3, 0.4) is 0 Å². The molecule has 164 valence electrons. The van der Waals surface area contributed by atoms with Crippen LogP contribution in [0.2, 0.25) is 0 Å². The molecule has 1 heterocycles. The molecule has 31 heavy (non-hydrogen) atoms. The maximum atomic E-state index is 12.6. The molecule has 1 saturated heterocycles. The number of likely N-dealkylation sites (N-methyl/N-ethyl adjacent to an activating group) is 1. The van der Waals surface area contributed by atoms with Crippen molar-refractivity contribution in [2.24, 2.45) is 0 Å². The summed E-state index contributed by atoms with van der Waals surface area (Å²) in [5.41, 5.74) is 4.57. The number of rotatable bonds is 9. The number of aldehydes is 1. The van der Waals surface area contributed by atoms with Gasteiger partial charge in [-0.1, -0.05) is 12.1 Å². The summed E-state index contributed by atoms with van der Waals surface area (Å²) in [4.78, 5) is 28.4. The number of amides is 1. The fourth-order valence-electron chi connectivity index (χ4n) is 3.96. The van der Waals surface area contributed by atoms with Gasteiger partial charge in [0.1, 0.15) is 0 Å². The highest BCUT2D eigenvalue weighted by Crippen LogP contribution is 2.26. The van der Waals surface area contributed by atoms with Crippen LogP contribution < -0.4 is 10.6 Å². The second-order valence-electron chi connectivity index (χ2n) is 7.93. The number of nitrogens with zero attached hydrogens (tertiary/aromatic N) is 2. The number of nitrogens with one attached hydrogen (secondary N) is 3. The lowest BCUT2D eigenvalue weighted by Gasteiger charge is -2.29. The normalized spacial score (nSPS) is 13.7. The number of carbonyl (C=O) groups is 2. The fourth-order valence-corrected chi connectivity index (χ4v) is 3.96. The van der Waals surface area contributed by atoms with E-state index in [0.717, 1.165) is 54.7 Å². The van der Waals surface area contributed by atoms with Crippen LogP contribution >= 0.6 is 0 Å². The lowest BCUT2D eigenvalue weighted by molar-refractivity contribution is -0.133. The Kier molecular flexibility index (Phi) is 7.78. The van der Waals surface area contributed by atoms with Gasteiger partial charge in [0.15, 0.2) is 6.29 Å². The molecule has 1 amide bonds. The molecule has 7 nitrogen and oxygen atoms in total. The lowest BCUT2D eigenvalue weighted by atomic mass is 10.0. The second kappa shape index (κ2) is 10.7. The number of piperidine rings is 1. The van der Waals surface area contributed by atoms with Crippen LogP contribution in [0.4, 0.5) is 17.1 Å². The van der Waals surface area contributed by atoms with E-state index < -0.39 is 0 Å². The SMILES string of the molecule is CNc1ccc(Nc2cccc(CN(C)CC(=O)N3CCCCC3)c2C=O)cc1C=N. The van der Waals surface area contributed by atoms with Gasteiger partial charge in [0.05, 0.1) is 6.54 Å². The minimum absolute atomic E-state index is 0.146. The van der Waals surface area contributed by atoms with Crippen LogP contribution in [-0.4, -0.2) is 61.9 Å². The van der Waals surface area contributed by atoms with Crippen LogP contribution in [0.5, 0.6) is 0 Å². The first-order chi connectivity index (χ1) is 15.0. The lowest BCUT2D eigenvalue weighted by Crippen LogP contribution is -2.41. The fraction of sp³-hybridized carbons (Fsp3) is 0.375. The molecule has 2 aromatic carbocycles. The molecule has 0 unspecified atom stereocenters. The van der Waals surface area contributed by atoms with Crippen LogP contribution in [0, 0.1) is 5.41 Å². The van der Waals surface area contributed by atoms with E-state index >= 15 is 0 Å². The first-order valence-electron chi connectivity index (χ1n) is 10.7. The van der Waals surface area contributed by atoms with Gasteiger partial charge in [-0.25, -0.2) is 0 Å². The number of anilines is 3. The van der Waals surface area contributed by atoms with Gasteiger partial charge >= 0.3 is 0 Å². The van der Waals surface area contributed by atoms with Crippen LogP contribution in [-0.2, 0) is 11.3 Å². The van der Waals surface area contributed by atoms with E-state index in [4.69, 9.17) is 5.41 Å². The van der Waals surface area contributed by atoms with Crippen molar-refractivity contribution >= 4 is 35.5 Å². The van der Waals surface area contributed by atoms with Gasteiger partial charge in [0.25, 0.3) is 0 Å². The topological polar surface area (TPSA) is 88.5 Å². The Morgan fingerprint density at radius 2 is 1.94 bits per heavy atom. The molecule has 1 fully saturated rings. The molecule has 0 saturated carbocycles. The molecular weight excluding hydrogens is 390 g/mol. The van der Waals surface area contributed by atoms with E-state index in [-0.39, 0.29) is 5.91 Å². The summed E-state index contributed by atoms with van der Waals surface area (Å²) < 4.78 is 0. The molecule has 3 rings (SSSR count). The maximum absolute atomic E-state index is 12.6.